The Labute approximate surface area is 102 Å². The maximum Gasteiger partial charge on any atom is 0.222 e. The summed E-state index contributed by atoms with van der Waals surface area (Å²) in [5, 5.41) is 0. The van der Waals surface area contributed by atoms with Gasteiger partial charge in [-0.1, -0.05) is 18.2 Å². The van der Waals surface area contributed by atoms with E-state index in [2.05, 4.69) is 11.0 Å². The van der Waals surface area contributed by atoms with E-state index in [1.807, 2.05) is 18.2 Å². The average Bonchev–Trinajstić information content (AvgIpc) is 2.39. The van der Waals surface area contributed by atoms with Crippen LogP contribution in [0.3, 0.4) is 0 Å². The first-order valence-corrected chi connectivity index (χ1v) is 6.04. The topological polar surface area (TPSA) is 72.3 Å². The first-order valence-electron chi connectivity index (χ1n) is 6.04. The highest BCUT2D eigenvalue weighted by atomic mass is 16.1. The van der Waals surface area contributed by atoms with Gasteiger partial charge in [-0.2, -0.15) is 0 Å². The number of hydrogen-bond donors (Lipinski definition) is 2. The van der Waals surface area contributed by atoms with E-state index in [0.717, 1.165) is 30.6 Å². The van der Waals surface area contributed by atoms with Gasteiger partial charge in [0.25, 0.3) is 0 Å². The number of benzene rings is 1. The lowest BCUT2D eigenvalue weighted by atomic mass is 9.96. The zero-order valence-electron chi connectivity index (χ0n) is 9.93. The fourth-order valence-corrected chi connectivity index (χ4v) is 2.42. The fraction of sp³-hybridized carbons (Fsp3) is 0.462. The number of hydrogen-bond acceptors (Lipinski definition) is 3. The maximum atomic E-state index is 11.3. The zero-order chi connectivity index (χ0) is 12.3. The summed E-state index contributed by atoms with van der Waals surface area (Å²) < 4.78 is 0. The van der Waals surface area contributed by atoms with Gasteiger partial charge in [-0.05, 0) is 24.5 Å². The molecule has 4 heteroatoms. The molecule has 1 atom stereocenters. The molecule has 1 amide bonds. The third-order valence-electron chi connectivity index (χ3n) is 3.38. The first kappa shape index (κ1) is 11.9. The van der Waals surface area contributed by atoms with Gasteiger partial charge in [0.1, 0.15) is 0 Å². The summed E-state index contributed by atoms with van der Waals surface area (Å²) in [5.74, 6) is -0.227. The summed E-state index contributed by atoms with van der Waals surface area (Å²) in [7, 11) is 0. The van der Waals surface area contributed by atoms with Crippen LogP contribution in [0.1, 0.15) is 18.4 Å². The van der Waals surface area contributed by atoms with Crippen molar-refractivity contribution in [3.63, 3.8) is 0 Å². The second-order valence-corrected chi connectivity index (χ2v) is 4.52. The Bertz CT molecular complexity index is 405. The van der Waals surface area contributed by atoms with Crippen molar-refractivity contribution in [3.8, 4) is 0 Å². The van der Waals surface area contributed by atoms with E-state index in [4.69, 9.17) is 11.5 Å². The van der Waals surface area contributed by atoms with Gasteiger partial charge < -0.3 is 16.4 Å². The third-order valence-corrected chi connectivity index (χ3v) is 3.38. The molecule has 92 valence electrons. The number of nitrogens with zero attached hydrogens (tertiary/aromatic N) is 1. The highest BCUT2D eigenvalue weighted by molar-refractivity contribution is 5.77. The number of carbonyl (C=O) groups excluding carboxylic acids is 1. The molecule has 4 nitrogen and oxygen atoms in total. The fourth-order valence-electron chi connectivity index (χ4n) is 2.42. The standard InChI is InChI=1S/C13H19N3O/c14-8-10-4-1-2-6-12(10)16-7-3-5-11(9-16)13(15)17/h1-2,4,6,11H,3,5,7-9,14H2,(H2,15,17)/t11-/m1/s1. The van der Waals surface area contributed by atoms with E-state index in [1.54, 1.807) is 0 Å². The minimum atomic E-state index is -0.195. The third kappa shape index (κ3) is 2.58. The lowest BCUT2D eigenvalue weighted by Crippen LogP contribution is -2.41. The largest absolute Gasteiger partial charge is 0.370 e. The van der Waals surface area contributed by atoms with Crippen LogP contribution >= 0.6 is 0 Å². The Balaban J connectivity index is 2.18. The maximum absolute atomic E-state index is 11.3. The van der Waals surface area contributed by atoms with Crippen LogP contribution in [-0.4, -0.2) is 19.0 Å². The number of nitrogens with two attached hydrogens (primary N) is 2. The van der Waals surface area contributed by atoms with Crippen molar-refractivity contribution in [2.75, 3.05) is 18.0 Å². The van der Waals surface area contributed by atoms with Gasteiger partial charge in [0.15, 0.2) is 0 Å². The lowest BCUT2D eigenvalue weighted by molar-refractivity contribution is -0.122. The van der Waals surface area contributed by atoms with E-state index >= 15 is 0 Å². The Morgan fingerprint density at radius 2 is 2.18 bits per heavy atom. The summed E-state index contributed by atoms with van der Waals surface area (Å²) in [5.41, 5.74) is 13.4. The second kappa shape index (κ2) is 5.19. The van der Waals surface area contributed by atoms with Crippen molar-refractivity contribution in [3.05, 3.63) is 29.8 Å². The van der Waals surface area contributed by atoms with Gasteiger partial charge in [0.05, 0.1) is 5.92 Å². The quantitative estimate of drug-likeness (QED) is 0.813. The zero-order valence-corrected chi connectivity index (χ0v) is 9.93. The molecule has 1 aromatic carbocycles. The molecule has 0 saturated carbocycles. The molecule has 1 aliphatic rings. The van der Waals surface area contributed by atoms with Crippen LogP contribution in [0, 0.1) is 5.92 Å². The van der Waals surface area contributed by atoms with E-state index in [1.165, 1.54) is 0 Å². The van der Waals surface area contributed by atoms with Crippen LogP contribution in [0.5, 0.6) is 0 Å². The first-order chi connectivity index (χ1) is 8.22. The van der Waals surface area contributed by atoms with Gasteiger partial charge in [-0.25, -0.2) is 0 Å². The molecule has 0 unspecified atom stereocenters. The van der Waals surface area contributed by atoms with Gasteiger partial charge in [-0.3, -0.25) is 4.79 Å². The summed E-state index contributed by atoms with van der Waals surface area (Å²) in [4.78, 5) is 13.5. The molecule has 0 spiro atoms. The molecule has 0 bridgehead atoms. The molecule has 1 aliphatic heterocycles. The van der Waals surface area contributed by atoms with Crippen molar-refractivity contribution >= 4 is 11.6 Å². The average molecular weight is 233 g/mol. The van der Waals surface area contributed by atoms with Crippen molar-refractivity contribution in [1.82, 2.24) is 0 Å². The lowest BCUT2D eigenvalue weighted by Gasteiger charge is -2.34. The number of anilines is 1. The second-order valence-electron chi connectivity index (χ2n) is 4.52. The molecule has 0 aromatic heterocycles. The normalized spacial score (nSPS) is 20.3. The molecule has 2 rings (SSSR count). The number of para-hydroxylation sites is 1. The Morgan fingerprint density at radius 3 is 2.88 bits per heavy atom. The van der Waals surface area contributed by atoms with Crippen molar-refractivity contribution in [1.29, 1.82) is 0 Å². The van der Waals surface area contributed by atoms with Gasteiger partial charge >= 0.3 is 0 Å². The summed E-state index contributed by atoms with van der Waals surface area (Å²) in [6, 6.07) is 8.08. The molecule has 0 aliphatic carbocycles. The number of piperidine rings is 1. The minimum absolute atomic E-state index is 0.0328. The Kier molecular flexibility index (Phi) is 3.64. The minimum Gasteiger partial charge on any atom is -0.370 e. The van der Waals surface area contributed by atoms with Crippen molar-refractivity contribution in [2.24, 2.45) is 17.4 Å². The van der Waals surface area contributed by atoms with Crippen LogP contribution in [0.15, 0.2) is 24.3 Å². The predicted molar refractivity (Wildman–Crippen MR) is 68.5 cm³/mol. The molecule has 4 N–H and O–H groups in total. The van der Waals surface area contributed by atoms with Crippen molar-refractivity contribution in [2.45, 2.75) is 19.4 Å². The van der Waals surface area contributed by atoms with Crippen molar-refractivity contribution < 1.29 is 4.79 Å². The van der Waals surface area contributed by atoms with E-state index in [9.17, 15) is 4.79 Å². The van der Waals surface area contributed by atoms with Crippen LogP contribution in [0.2, 0.25) is 0 Å². The monoisotopic (exact) mass is 233 g/mol. The van der Waals surface area contributed by atoms with Gasteiger partial charge in [-0.15, -0.1) is 0 Å². The van der Waals surface area contributed by atoms with Crippen LogP contribution in [0.25, 0.3) is 0 Å². The SMILES string of the molecule is NCc1ccccc1N1CCC[C@@H](C(N)=O)C1. The van der Waals surface area contributed by atoms with E-state index in [-0.39, 0.29) is 11.8 Å². The molecule has 0 radical (unpaired) electrons. The molecular weight excluding hydrogens is 214 g/mol. The smallest absolute Gasteiger partial charge is 0.222 e. The van der Waals surface area contributed by atoms with Gasteiger partial charge in [0.2, 0.25) is 5.91 Å². The number of amides is 1. The number of rotatable bonds is 3. The highest BCUT2D eigenvalue weighted by Crippen LogP contribution is 2.25. The Morgan fingerprint density at radius 1 is 1.41 bits per heavy atom. The summed E-state index contributed by atoms with van der Waals surface area (Å²) in [6.07, 6.45) is 1.91. The molecule has 1 saturated heterocycles. The van der Waals surface area contributed by atoms with Gasteiger partial charge in [0, 0.05) is 25.3 Å². The molecular formula is C13H19N3O. The van der Waals surface area contributed by atoms with E-state index in [0.29, 0.717) is 13.1 Å². The summed E-state index contributed by atoms with van der Waals surface area (Å²) in [6.45, 7) is 2.21. The van der Waals surface area contributed by atoms with E-state index < -0.39 is 0 Å². The molecule has 17 heavy (non-hydrogen) atoms. The van der Waals surface area contributed by atoms with Crippen LogP contribution in [-0.2, 0) is 11.3 Å². The molecule has 1 fully saturated rings. The highest BCUT2D eigenvalue weighted by Gasteiger charge is 2.24. The predicted octanol–water partition coefficient (Wildman–Crippen LogP) is 0.847. The number of carbonyl (C=O) groups is 1. The summed E-state index contributed by atoms with van der Waals surface area (Å²) >= 11 is 0. The van der Waals surface area contributed by atoms with Crippen LogP contribution < -0.4 is 16.4 Å². The van der Waals surface area contributed by atoms with Crippen LogP contribution in [0.4, 0.5) is 5.69 Å². The molecule has 1 aromatic rings. The number of primary amides is 1. The Hall–Kier alpha value is -1.55. The molecule has 1 heterocycles.